The molecule has 0 spiro atoms. The number of hydrogen-bond donors (Lipinski definition) is 6. The van der Waals surface area contributed by atoms with Gasteiger partial charge < -0.3 is 45.1 Å². The Kier molecular flexibility index (Phi) is 9.28. The van der Waals surface area contributed by atoms with Crippen LogP contribution in [-0.2, 0) is 23.8 Å². The van der Waals surface area contributed by atoms with Crippen LogP contribution in [0.15, 0.2) is 24.3 Å². The number of ether oxygens (including phenoxy) is 4. The van der Waals surface area contributed by atoms with Gasteiger partial charge in [0, 0.05) is 25.5 Å². The fourth-order valence-electron chi connectivity index (χ4n) is 3.74. The van der Waals surface area contributed by atoms with E-state index in [1.165, 1.54) is 31.2 Å². The highest BCUT2D eigenvalue weighted by Crippen LogP contribution is 2.31. The van der Waals surface area contributed by atoms with Crippen LogP contribution in [0.25, 0.3) is 0 Å². The van der Waals surface area contributed by atoms with Crippen molar-refractivity contribution in [2.75, 3.05) is 13.2 Å². The standard InChI is InChI=1S/C20H29N3O12/c1-9(26)22-35-12-6-15(31-11-4-2-10(3-5-11)23(29)30)32-14(8-25)19(12)34-20-16(21)18(28)17(27)13(7-24)33-20/h2-5,12-20,24-25,27-28H,6-8,21H2,1H3,(H,22,26)/t12-,13-,14-,15+,16+,17-,18-,19+,20+/m1/s1. The van der Waals surface area contributed by atoms with E-state index >= 15 is 0 Å². The first-order valence-electron chi connectivity index (χ1n) is 10.8. The highest BCUT2D eigenvalue weighted by molar-refractivity contribution is 5.71. The van der Waals surface area contributed by atoms with Gasteiger partial charge in [-0.15, -0.1) is 0 Å². The number of non-ortho nitro benzene ring substituents is 1. The lowest BCUT2D eigenvalue weighted by Crippen LogP contribution is -2.65. The van der Waals surface area contributed by atoms with Crippen molar-refractivity contribution in [3.05, 3.63) is 34.4 Å². The van der Waals surface area contributed by atoms with E-state index in [2.05, 4.69) is 5.48 Å². The zero-order valence-corrected chi connectivity index (χ0v) is 18.7. The molecule has 7 N–H and O–H groups in total. The summed E-state index contributed by atoms with van der Waals surface area (Å²) >= 11 is 0. The monoisotopic (exact) mass is 503 g/mol. The summed E-state index contributed by atoms with van der Waals surface area (Å²) in [5, 5.41) is 50.4. The first-order valence-corrected chi connectivity index (χ1v) is 10.8. The smallest absolute Gasteiger partial charge is 0.269 e. The molecule has 0 radical (unpaired) electrons. The van der Waals surface area contributed by atoms with Crippen molar-refractivity contribution in [1.29, 1.82) is 0 Å². The number of aliphatic hydroxyl groups excluding tert-OH is 4. The van der Waals surface area contributed by atoms with Gasteiger partial charge >= 0.3 is 0 Å². The van der Waals surface area contributed by atoms with Gasteiger partial charge in [0.15, 0.2) is 6.29 Å². The number of nitrogens with two attached hydrogens (primary N) is 1. The first kappa shape index (κ1) is 27.1. The summed E-state index contributed by atoms with van der Waals surface area (Å²) in [5.74, 6) is -0.274. The minimum atomic E-state index is -1.48. The Balaban J connectivity index is 1.76. The third-order valence-corrected chi connectivity index (χ3v) is 5.55. The molecule has 2 saturated heterocycles. The van der Waals surface area contributed by atoms with E-state index in [4.69, 9.17) is 29.5 Å². The second kappa shape index (κ2) is 12.0. The summed E-state index contributed by atoms with van der Waals surface area (Å²) in [6, 6.07) is 4.02. The van der Waals surface area contributed by atoms with Crippen molar-refractivity contribution in [3.63, 3.8) is 0 Å². The van der Waals surface area contributed by atoms with Crippen molar-refractivity contribution in [2.45, 2.75) is 68.6 Å². The molecule has 196 valence electrons. The largest absolute Gasteiger partial charge is 0.465 e. The summed E-state index contributed by atoms with van der Waals surface area (Å²) in [4.78, 5) is 27.2. The van der Waals surface area contributed by atoms with Crippen molar-refractivity contribution in [3.8, 4) is 5.75 Å². The molecule has 0 aliphatic carbocycles. The number of amides is 1. The van der Waals surface area contributed by atoms with Crippen LogP contribution in [0.1, 0.15) is 13.3 Å². The fraction of sp³-hybridized carbons (Fsp3) is 0.650. The molecule has 0 unspecified atom stereocenters. The number of rotatable bonds is 9. The maximum atomic E-state index is 11.4. The number of hydrogen-bond acceptors (Lipinski definition) is 13. The minimum Gasteiger partial charge on any atom is -0.465 e. The van der Waals surface area contributed by atoms with E-state index in [1.807, 2.05) is 0 Å². The molecule has 1 aromatic carbocycles. The van der Waals surface area contributed by atoms with Gasteiger partial charge in [-0.1, -0.05) is 0 Å². The Morgan fingerprint density at radius 2 is 1.83 bits per heavy atom. The lowest BCUT2D eigenvalue weighted by atomic mass is 9.97. The number of aliphatic hydroxyl groups is 4. The quantitative estimate of drug-likeness (QED) is 0.154. The van der Waals surface area contributed by atoms with Crippen LogP contribution in [0, 0.1) is 10.1 Å². The first-order chi connectivity index (χ1) is 16.6. The van der Waals surface area contributed by atoms with Gasteiger partial charge in [-0.3, -0.25) is 19.7 Å². The molecule has 2 aliphatic rings. The highest BCUT2D eigenvalue weighted by atomic mass is 16.7. The normalized spacial score (nSPS) is 35.3. The average Bonchev–Trinajstić information content (AvgIpc) is 2.84. The van der Waals surface area contributed by atoms with E-state index in [1.54, 1.807) is 0 Å². The maximum absolute atomic E-state index is 11.4. The van der Waals surface area contributed by atoms with E-state index in [0.29, 0.717) is 0 Å². The van der Waals surface area contributed by atoms with E-state index < -0.39 is 79.3 Å². The highest BCUT2D eigenvalue weighted by Gasteiger charge is 2.48. The lowest BCUT2D eigenvalue weighted by molar-refractivity contribution is -0.384. The number of benzene rings is 1. The van der Waals surface area contributed by atoms with E-state index in [9.17, 15) is 35.3 Å². The molecule has 2 aliphatic heterocycles. The summed E-state index contributed by atoms with van der Waals surface area (Å²) < 4.78 is 22.8. The molecule has 0 bridgehead atoms. The average molecular weight is 503 g/mol. The summed E-state index contributed by atoms with van der Waals surface area (Å²) in [5.41, 5.74) is 8.00. The van der Waals surface area contributed by atoms with Gasteiger partial charge in [-0.25, -0.2) is 5.48 Å². The van der Waals surface area contributed by atoms with Gasteiger partial charge in [0.2, 0.25) is 12.2 Å². The number of carbonyl (C=O) groups excluding carboxylic acids is 1. The lowest BCUT2D eigenvalue weighted by Gasteiger charge is -2.45. The second-order valence-corrected chi connectivity index (χ2v) is 8.09. The Morgan fingerprint density at radius 3 is 2.40 bits per heavy atom. The van der Waals surface area contributed by atoms with Crippen molar-refractivity contribution in [1.82, 2.24) is 5.48 Å². The molecule has 15 nitrogen and oxygen atoms in total. The zero-order valence-electron chi connectivity index (χ0n) is 18.7. The molecule has 0 aromatic heterocycles. The molecular formula is C20H29N3O12. The summed E-state index contributed by atoms with van der Waals surface area (Å²) in [6.45, 7) is 0.0149. The third kappa shape index (κ3) is 6.60. The Hall–Kier alpha value is -2.47. The molecule has 3 rings (SSSR count). The van der Waals surface area contributed by atoms with Crippen LogP contribution < -0.4 is 16.0 Å². The van der Waals surface area contributed by atoms with Gasteiger partial charge in [0.1, 0.15) is 42.4 Å². The van der Waals surface area contributed by atoms with Crippen molar-refractivity contribution in [2.24, 2.45) is 5.73 Å². The van der Waals surface area contributed by atoms with Crippen molar-refractivity contribution >= 4 is 11.6 Å². The molecule has 1 amide bonds. The topological polar surface area (TPSA) is 225 Å². The second-order valence-electron chi connectivity index (χ2n) is 8.09. The van der Waals surface area contributed by atoms with Gasteiger partial charge in [-0.05, 0) is 12.1 Å². The number of hydroxylamine groups is 1. The molecule has 15 heteroatoms. The van der Waals surface area contributed by atoms with Crippen LogP contribution >= 0.6 is 0 Å². The predicted octanol–water partition coefficient (Wildman–Crippen LogP) is -2.33. The molecule has 9 atom stereocenters. The molecule has 35 heavy (non-hydrogen) atoms. The maximum Gasteiger partial charge on any atom is 0.269 e. The number of nitro benzene ring substituents is 1. The number of nitrogens with zero attached hydrogens (tertiary/aromatic N) is 1. The Bertz CT molecular complexity index is 856. The van der Waals surface area contributed by atoms with Crippen LogP contribution in [-0.4, -0.2) is 99.7 Å². The van der Waals surface area contributed by atoms with Gasteiger partial charge in [-0.2, -0.15) is 0 Å². The Labute approximate surface area is 199 Å². The molecular weight excluding hydrogens is 474 g/mol. The van der Waals surface area contributed by atoms with E-state index in [0.717, 1.165) is 0 Å². The minimum absolute atomic E-state index is 0.0327. The molecule has 2 fully saturated rings. The van der Waals surface area contributed by atoms with Crippen molar-refractivity contribution < 1.29 is 53.9 Å². The zero-order chi connectivity index (χ0) is 25.7. The predicted molar refractivity (Wildman–Crippen MR) is 113 cm³/mol. The van der Waals surface area contributed by atoms with E-state index in [-0.39, 0.29) is 17.9 Å². The van der Waals surface area contributed by atoms with Gasteiger partial charge in [0.05, 0.1) is 24.2 Å². The molecule has 1 aromatic rings. The number of nitrogens with one attached hydrogen (secondary N) is 1. The number of nitro groups is 1. The number of carbonyl (C=O) groups is 1. The summed E-state index contributed by atoms with van der Waals surface area (Å²) in [7, 11) is 0. The SMILES string of the molecule is CC(=O)NO[C@@H]1C[C@@H](Oc2ccc([N+](=O)[O-])cc2)O[C@H](CO)[C@H]1O[C@@H]1O[C@H](CO)[C@@H](O)[C@H](O)[C@@H]1N. The molecule has 0 saturated carbocycles. The van der Waals surface area contributed by atoms with Crippen LogP contribution in [0.5, 0.6) is 5.75 Å². The summed E-state index contributed by atoms with van der Waals surface area (Å²) in [6.07, 6.45) is -9.63. The van der Waals surface area contributed by atoms with Crippen LogP contribution in [0.2, 0.25) is 0 Å². The third-order valence-electron chi connectivity index (χ3n) is 5.55. The fourth-order valence-corrected chi connectivity index (χ4v) is 3.74. The molecule has 2 heterocycles. The van der Waals surface area contributed by atoms with Gasteiger partial charge in [0.25, 0.3) is 5.69 Å². The van der Waals surface area contributed by atoms with Crippen LogP contribution in [0.4, 0.5) is 5.69 Å². The Morgan fingerprint density at radius 1 is 1.17 bits per heavy atom. The van der Waals surface area contributed by atoms with Crippen LogP contribution in [0.3, 0.4) is 0 Å².